The zero-order valence-electron chi connectivity index (χ0n) is 11.2. The van der Waals surface area contributed by atoms with Gasteiger partial charge in [0.2, 0.25) is 0 Å². The molecule has 1 aliphatic carbocycles. The molecule has 4 heteroatoms. The quantitative estimate of drug-likeness (QED) is 0.887. The third-order valence-corrected chi connectivity index (χ3v) is 4.01. The molecule has 1 saturated heterocycles. The van der Waals surface area contributed by atoms with E-state index in [4.69, 9.17) is 0 Å². The molecule has 19 heavy (non-hydrogen) atoms. The van der Waals surface area contributed by atoms with Crippen molar-refractivity contribution >= 4 is 6.03 Å². The standard InChI is InChI=1S/C15H21N3O/c19-15(17-13-5-6-13)18-11-3-1-2-4-14(18)12-7-9-16-10-8-12/h7-10,13-14H,1-6,11H2,(H,17,19)/t14-/m0/s1. The summed E-state index contributed by atoms with van der Waals surface area (Å²) in [6.07, 6.45) is 10.5. The molecule has 1 aliphatic heterocycles. The van der Waals surface area contributed by atoms with E-state index in [2.05, 4.69) is 10.3 Å². The second-order valence-electron chi connectivity index (χ2n) is 5.56. The van der Waals surface area contributed by atoms with Crippen LogP contribution in [0.1, 0.15) is 50.1 Å². The minimum atomic E-state index is 0.117. The molecule has 0 spiro atoms. The van der Waals surface area contributed by atoms with E-state index in [9.17, 15) is 4.79 Å². The van der Waals surface area contributed by atoms with Crippen molar-refractivity contribution < 1.29 is 4.79 Å². The number of carbonyl (C=O) groups excluding carboxylic acids is 1. The first-order valence-corrected chi connectivity index (χ1v) is 7.31. The molecular formula is C15H21N3O. The van der Waals surface area contributed by atoms with Gasteiger partial charge in [0.05, 0.1) is 6.04 Å². The highest BCUT2D eigenvalue weighted by atomic mass is 16.2. The molecule has 2 fully saturated rings. The molecular weight excluding hydrogens is 238 g/mol. The summed E-state index contributed by atoms with van der Waals surface area (Å²) in [5.74, 6) is 0. The van der Waals surface area contributed by atoms with Crippen LogP contribution in [0.5, 0.6) is 0 Å². The number of hydrogen-bond donors (Lipinski definition) is 1. The van der Waals surface area contributed by atoms with Crippen molar-refractivity contribution in [1.29, 1.82) is 0 Å². The number of nitrogens with zero attached hydrogens (tertiary/aromatic N) is 2. The van der Waals surface area contributed by atoms with Gasteiger partial charge in [0.1, 0.15) is 0 Å². The number of nitrogens with one attached hydrogen (secondary N) is 1. The predicted molar refractivity (Wildman–Crippen MR) is 73.7 cm³/mol. The van der Waals surface area contributed by atoms with Crippen LogP contribution in [0.3, 0.4) is 0 Å². The Bertz CT molecular complexity index is 430. The van der Waals surface area contributed by atoms with Crippen molar-refractivity contribution in [3.8, 4) is 0 Å². The molecule has 0 aromatic carbocycles. The Morgan fingerprint density at radius 2 is 1.95 bits per heavy atom. The topological polar surface area (TPSA) is 45.2 Å². The third kappa shape index (κ3) is 3.06. The molecule has 2 amide bonds. The maximum atomic E-state index is 12.4. The fourth-order valence-electron chi connectivity index (χ4n) is 2.77. The molecule has 0 bridgehead atoms. The van der Waals surface area contributed by atoms with Crippen LogP contribution in [0.4, 0.5) is 4.79 Å². The fourth-order valence-corrected chi connectivity index (χ4v) is 2.77. The van der Waals surface area contributed by atoms with Crippen LogP contribution >= 0.6 is 0 Å². The van der Waals surface area contributed by atoms with Crippen LogP contribution in [0, 0.1) is 0 Å². The molecule has 1 atom stereocenters. The van der Waals surface area contributed by atoms with Crippen LogP contribution in [-0.4, -0.2) is 28.5 Å². The lowest BCUT2D eigenvalue weighted by Crippen LogP contribution is -2.43. The highest BCUT2D eigenvalue weighted by molar-refractivity contribution is 5.75. The summed E-state index contributed by atoms with van der Waals surface area (Å²) in [6.45, 7) is 0.867. The summed E-state index contributed by atoms with van der Waals surface area (Å²) in [4.78, 5) is 18.5. The third-order valence-electron chi connectivity index (χ3n) is 4.01. The van der Waals surface area contributed by atoms with E-state index in [0.29, 0.717) is 6.04 Å². The minimum Gasteiger partial charge on any atom is -0.335 e. The van der Waals surface area contributed by atoms with Gasteiger partial charge in [-0.2, -0.15) is 0 Å². The summed E-state index contributed by atoms with van der Waals surface area (Å²) in [6, 6.07) is 4.82. The molecule has 2 heterocycles. The van der Waals surface area contributed by atoms with E-state index < -0.39 is 0 Å². The van der Waals surface area contributed by atoms with Gasteiger partial charge in [0.25, 0.3) is 0 Å². The maximum Gasteiger partial charge on any atom is 0.318 e. The van der Waals surface area contributed by atoms with Gasteiger partial charge in [-0.15, -0.1) is 0 Å². The number of amides is 2. The van der Waals surface area contributed by atoms with Crippen molar-refractivity contribution in [2.75, 3.05) is 6.54 Å². The Kier molecular flexibility index (Phi) is 3.67. The summed E-state index contributed by atoms with van der Waals surface area (Å²) >= 11 is 0. The molecule has 1 aromatic heterocycles. The van der Waals surface area contributed by atoms with E-state index in [1.807, 2.05) is 29.4 Å². The van der Waals surface area contributed by atoms with Crippen LogP contribution in [0.2, 0.25) is 0 Å². The molecule has 1 N–H and O–H groups in total. The summed E-state index contributed by atoms with van der Waals surface area (Å²) in [5, 5.41) is 3.12. The highest BCUT2D eigenvalue weighted by Crippen LogP contribution is 2.30. The molecule has 0 radical (unpaired) electrons. The zero-order valence-corrected chi connectivity index (χ0v) is 11.2. The van der Waals surface area contributed by atoms with E-state index >= 15 is 0 Å². The zero-order chi connectivity index (χ0) is 13.1. The second-order valence-corrected chi connectivity index (χ2v) is 5.56. The predicted octanol–water partition coefficient (Wildman–Crippen LogP) is 2.87. The number of urea groups is 1. The molecule has 4 nitrogen and oxygen atoms in total. The maximum absolute atomic E-state index is 12.4. The largest absolute Gasteiger partial charge is 0.335 e. The van der Waals surface area contributed by atoms with Crippen molar-refractivity contribution in [2.24, 2.45) is 0 Å². The summed E-state index contributed by atoms with van der Waals surface area (Å²) in [7, 11) is 0. The SMILES string of the molecule is O=C(NC1CC1)N1CCCCC[C@H]1c1ccncc1. The Morgan fingerprint density at radius 3 is 2.68 bits per heavy atom. The van der Waals surface area contributed by atoms with Gasteiger partial charge in [-0.25, -0.2) is 4.79 Å². The summed E-state index contributed by atoms with van der Waals surface area (Å²) in [5.41, 5.74) is 1.21. The molecule has 3 rings (SSSR count). The van der Waals surface area contributed by atoms with Crippen molar-refractivity contribution in [1.82, 2.24) is 15.2 Å². The number of aromatic nitrogens is 1. The molecule has 2 aliphatic rings. The highest BCUT2D eigenvalue weighted by Gasteiger charge is 2.30. The van der Waals surface area contributed by atoms with Crippen molar-refractivity contribution in [3.63, 3.8) is 0 Å². The van der Waals surface area contributed by atoms with Gasteiger partial charge in [-0.1, -0.05) is 12.8 Å². The second kappa shape index (κ2) is 5.59. The van der Waals surface area contributed by atoms with Gasteiger partial charge in [-0.05, 0) is 43.4 Å². The molecule has 1 saturated carbocycles. The van der Waals surface area contributed by atoms with Gasteiger partial charge in [0, 0.05) is 25.0 Å². The number of hydrogen-bond acceptors (Lipinski definition) is 2. The first kappa shape index (κ1) is 12.5. The van der Waals surface area contributed by atoms with Crippen molar-refractivity contribution in [2.45, 2.75) is 50.6 Å². The average Bonchev–Trinajstić information content (AvgIpc) is 3.25. The first-order valence-electron chi connectivity index (χ1n) is 7.31. The van der Waals surface area contributed by atoms with Gasteiger partial charge < -0.3 is 10.2 Å². The lowest BCUT2D eigenvalue weighted by molar-refractivity contribution is 0.175. The lowest BCUT2D eigenvalue weighted by atomic mass is 10.0. The summed E-state index contributed by atoms with van der Waals surface area (Å²) < 4.78 is 0. The smallest absolute Gasteiger partial charge is 0.318 e. The fraction of sp³-hybridized carbons (Fsp3) is 0.600. The van der Waals surface area contributed by atoms with Crippen molar-refractivity contribution in [3.05, 3.63) is 30.1 Å². The van der Waals surface area contributed by atoms with Crippen LogP contribution in [0.15, 0.2) is 24.5 Å². The number of likely N-dealkylation sites (tertiary alicyclic amines) is 1. The Morgan fingerprint density at radius 1 is 1.16 bits per heavy atom. The normalized spacial score (nSPS) is 23.8. The Hall–Kier alpha value is -1.58. The van der Waals surface area contributed by atoms with Crippen LogP contribution < -0.4 is 5.32 Å². The Labute approximate surface area is 114 Å². The number of rotatable bonds is 2. The molecule has 1 aromatic rings. The monoisotopic (exact) mass is 259 g/mol. The van der Waals surface area contributed by atoms with E-state index in [-0.39, 0.29) is 12.1 Å². The Balaban J connectivity index is 1.77. The van der Waals surface area contributed by atoms with Crippen LogP contribution in [0.25, 0.3) is 0 Å². The van der Waals surface area contributed by atoms with Gasteiger partial charge in [0.15, 0.2) is 0 Å². The number of pyridine rings is 1. The van der Waals surface area contributed by atoms with E-state index in [0.717, 1.165) is 32.2 Å². The molecule has 0 unspecified atom stereocenters. The average molecular weight is 259 g/mol. The minimum absolute atomic E-state index is 0.117. The van der Waals surface area contributed by atoms with E-state index in [1.165, 1.54) is 18.4 Å². The van der Waals surface area contributed by atoms with Gasteiger partial charge in [-0.3, -0.25) is 4.98 Å². The van der Waals surface area contributed by atoms with E-state index in [1.54, 1.807) is 0 Å². The van der Waals surface area contributed by atoms with Crippen LogP contribution in [-0.2, 0) is 0 Å². The molecule has 102 valence electrons. The van der Waals surface area contributed by atoms with Gasteiger partial charge >= 0.3 is 6.03 Å². The number of carbonyl (C=O) groups is 1. The first-order chi connectivity index (χ1) is 9.34. The lowest BCUT2D eigenvalue weighted by Gasteiger charge is -2.30.